The topological polar surface area (TPSA) is 152 Å². The lowest BCUT2D eigenvalue weighted by Gasteiger charge is -2.29. The third-order valence-electron chi connectivity index (χ3n) is 4.32. The molecule has 0 bridgehead atoms. The highest BCUT2D eigenvalue weighted by Gasteiger charge is 2.32. The Hall–Kier alpha value is -2.19. The molecule has 0 aliphatic heterocycles. The molecule has 0 aliphatic rings. The summed E-state index contributed by atoms with van der Waals surface area (Å²) in [5.41, 5.74) is -0.172. The fraction of sp³-hybridized carbons (Fsp3) is 0.444. The fourth-order valence-corrected chi connectivity index (χ4v) is 5.84. The van der Waals surface area contributed by atoms with Gasteiger partial charge in [0.2, 0.25) is 11.6 Å². The average molecular weight is 488 g/mol. The van der Waals surface area contributed by atoms with Crippen molar-refractivity contribution in [2.45, 2.75) is 44.9 Å². The van der Waals surface area contributed by atoms with Gasteiger partial charge in [-0.1, -0.05) is 27.7 Å². The Bertz CT molecular complexity index is 1160. The molecular weight excluding hydrogens is 462 g/mol. The molecule has 13 heteroatoms. The van der Waals surface area contributed by atoms with E-state index in [-0.39, 0.29) is 39.5 Å². The van der Waals surface area contributed by atoms with E-state index in [0.717, 1.165) is 17.1 Å². The average Bonchev–Trinajstić information content (AvgIpc) is 3.32. The van der Waals surface area contributed by atoms with Crippen molar-refractivity contribution in [1.29, 1.82) is 0 Å². The molecule has 4 N–H and O–H groups in total. The molecule has 3 aromatic rings. The predicted octanol–water partition coefficient (Wildman–Crippen LogP) is 4.11. The molecule has 0 radical (unpaired) electrons. The standard InChI is InChI=1S/C18H25N5O5S3/c1-6-19-31(26,27)17-13(24)11(9-29-17)20-15-16(23-30(25)22-15)21-14(18(3,4)5)12-8-7-10(2)28-12/h7-9,14,19,24H,6H2,1-5H3,(H,20,22)(H,21,23)/t14-,30?/m0/s1. The van der Waals surface area contributed by atoms with Gasteiger partial charge >= 0.3 is 0 Å². The predicted molar refractivity (Wildman–Crippen MR) is 120 cm³/mol. The monoisotopic (exact) mass is 487 g/mol. The molecule has 10 nitrogen and oxygen atoms in total. The third-order valence-corrected chi connectivity index (χ3v) is 8.06. The molecule has 0 aliphatic carbocycles. The van der Waals surface area contributed by atoms with Crippen molar-refractivity contribution in [2.24, 2.45) is 5.41 Å². The molecule has 0 spiro atoms. The van der Waals surface area contributed by atoms with Gasteiger partial charge in [0.15, 0.2) is 21.1 Å². The molecule has 0 fully saturated rings. The lowest BCUT2D eigenvalue weighted by molar-refractivity contribution is 0.300. The Labute approximate surface area is 187 Å². The Balaban J connectivity index is 1.92. The molecule has 2 atom stereocenters. The largest absolute Gasteiger partial charge is 0.546 e. The molecule has 0 saturated heterocycles. The summed E-state index contributed by atoms with van der Waals surface area (Å²) < 4.78 is 52.3. The molecule has 1 unspecified atom stereocenters. The molecule has 3 rings (SSSR count). The highest BCUT2D eigenvalue weighted by atomic mass is 32.2. The normalized spacial score (nSPS) is 13.9. The summed E-state index contributed by atoms with van der Waals surface area (Å²) in [7, 11) is -3.83. The van der Waals surface area contributed by atoms with Gasteiger partial charge in [-0.3, -0.25) is 0 Å². The van der Waals surface area contributed by atoms with E-state index >= 15 is 0 Å². The van der Waals surface area contributed by atoms with Crippen LogP contribution in [-0.4, -0.2) is 33.4 Å². The van der Waals surface area contributed by atoms with Crippen molar-refractivity contribution in [3.8, 4) is 5.75 Å². The van der Waals surface area contributed by atoms with Crippen molar-refractivity contribution < 1.29 is 22.5 Å². The number of aryl methyl sites for hydroxylation is 1. The number of hydrogen-bond acceptors (Lipinski definition) is 10. The zero-order valence-corrected chi connectivity index (χ0v) is 20.2. The number of aromatic nitrogens is 2. The number of nitrogens with one attached hydrogen (secondary N) is 3. The van der Waals surface area contributed by atoms with E-state index in [2.05, 4.69) is 24.1 Å². The van der Waals surface area contributed by atoms with Crippen LogP contribution in [0.2, 0.25) is 0 Å². The Morgan fingerprint density at radius 3 is 2.55 bits per heavy atom. The second-order valence-corrected chi connectivity index (χ2v) is 11.6. The van der Waals surface area contributed by atoms with Crippen LogP contribution in [0.3, 0.4) is 0 Å². The van der Waals surface area contributed by atoms with Gasteiger partial charge in [-0.05, 0) is 24.5 Å². The number of aromatic hydroxyl groups is 1. The van der Waals surface area contributed by atoms with E-state index < -0.39 is 26.9 Å². The summed E-state index contributed by atoms with van der Waals surface area (Å²) in [4.78, 5) is 0. The first-order valence-electron chi connectivity index (χ1n) is 9.42. The van der Waals surface area contributed by atoms with Gasteiger partial charge in [0.1, 0.15) is 11.5 Å². The number of nitrogens with zero attached hydrogens (tertiary/aromatic N) is 2. The minimum Gasteiger partial charge on any atom is -0.546 e. The molecule has 170 valence electrons. The van der Waals surface area contributed by atoms with Crippen molar-refractivity contribution in [2.75, 3.05) is 17.2 Å². The summed E-state index contributed by atoms with van der Waals surface area (Å²) in [6, 6.07) is 3.40. The van der Waals surface area contributed by atoms with Crippen LogP contribution in [-0.2, 0) is 10.0 Å². The Morgan fingerprint density at radius 1 is 1.29 bits per heavy atom. The Morgan fingerprint density at radius 2 is 1.97 bits per heavy atom. The minimum absolute atomic E-state index is 0.120. The van der Waals surface area contributed by atoms with E-state index in [9.17, 15) is 18.1 Å². The van der Waals surface area contributed by atoms with Gasteiger partial charge in [-0.25, -0.2) is 13.1 Å². The van der Waals surface area contributed by atoms with Crippen molar-refractivity contribution in [3.63, 3.8) is 0 Å². The maximum atomic E-state index is 12.2. The van der Waals surface area contributed by atoms with Crippen LogP contribution in [0.5, 0.6) is 5.75 Å². The fourth-order valence-electron chi connectivity index (χ4n) is 2.90. The van der Waals surface area contributed by atoms with E-state index in [0.29, 0.717) is 5.76 Å². The first kappa shape index (κ1) is 23.5. The van der Waals surface area contributed by atoms with Gasteiger partial charge in [0, 0.05) is 20.7 Å². The van der Waals surface area contributed by atoms with Gasteiger partial charge in [-0.15, -0.1) is 11.3 Å². The highest BCUT2D eigenvalue weighted by Crippen LogP contribution is 2.42. The highest BCUT2D eigenvalue weighted by molar-refractivity contribution is 7.91. The van der Waals surface area contributed by atoms with E-state index in [1.807, 2.05) is 39.8 Å². The molecule has 31 heavy (non-hydrogen) atoms. The number of anilines is 3. The molecular formula is C18H25N5O5S3. The van der Waals surface area contributed by atoms with Crippen LogP contribution >= 0.6 is 22.5 Å². The van der Waals surface area contributed by atoms with Crippen molar-refractivity contribution >= 4 is 49.8 Å². The molecule has 0 aromatic carbocycles. The summed E-state index contributed by atoms with van der Waals surface area (Å²) in [6.45, 7) is 9.73. The summed E-state index contributed by atoms with van der Waals surface area (Å²) in [5.74, 6) is 1.33. The van der Waals surface area contributed by atoms with Crippen LogP contribution in [0, 0.1) is 12.3 Å². The van der Waals surface area contributed by atoms with E-state index in [1.54, 1.807) is 6.92 Å². The van der Waals surface area contributed by atoms with Gasteiger partial charge in [0.05, 0.1) is 11.7 Å². The van der Waals surface area contributed by atoms with Crippen LogP contribution in [0.15, 0.2) is 26.1 Å². The number of furan rings is 1. The summed E-state index contributed by atoms with van der Waals surface area (Å²) >= 11 is -1.00. The van der Waals surface area contributed by atoms with Gasteiger partial charge in [0.25, 0.3) is 10.0 Å². The van der Waals surface area contributed by atoms with Crippen molar-refractivity contribution in [1.82, 2.24) is 13.5 Å². The zero-order valence-electron chi connectivity index (χ0n) is 17.7. The first-order valence-corrected chi connectivity index (χ1v) is 12.8. The van der Waals surface area contributed by atoms with Crippen LogP contribution in [0.1, 0.15) is 45.3 Å². The second kappa shape index (κ2) is 8.74. The van der Waals surface area contributed by atoms with Crippen molar-refractivity contribution in [3.05, 3.63) is 29.0 Å². The molecule has 0 amide bonds. The minimum atomic E-state index is -3.83. The smallest absolute Gasteiger partial charge is 0.253 e. The van der Waals surface area contributed by atoms with Crippen LogP contribution < -0.4 is 15.4 Å². The molecule has 3 aromatic heterocycles. The van der Waals surface area contributed by atoms with Crippen LogP contribution in [0.4, 0.5) is 17.3 Å². The lowest BCUT2D eigenvalue weighted by Crippen LogP contribution is -2.25. The summed E-state index contributed by atoms with van der Waals surface area (Å²) in [5, 5.41) is 17.9. The number of thiophene rings is 1. The third kappa shape index (κ3) is 5.18. The molecule has 3 heterocycles. The number of hydrogen-bond donors (Lipinski definition) is 4. The lowest BCUT2D eigenvalue weighted by atomic mass is 9.85. The maximum absolute atomic E-state index is 12.2. The van der Waals surface area contributed by atoms with E-state index in [4.69, 9.17) is 4.42 Å². The quantitative estimate of drug-likeness (QED) is 0.344. The second-order valence-electron chi connectivity index (χ2n) is 7.91. The summed E-state index contributed by atoms with van der Waals surface area (Å²) in [6.07, 6.45) is 0. The molecule has 0 saturated carbocycles. The Kier molecular flexibility index (Phi) is 6.62. The maximum Gasteiger partial charge on any atom is 0.253 e. The zero-order chi connectivity index (χ0) is 23.0. The van der Waals surface area contributed by atoms with Gasteiger partial charge in [-0.2, -0.15) is 0 Å². The van der Waals surface area contributed by atoms with E-state index in [1.165, 1.54) is 5.38 Å². The first-order chi connectivity index (χ1) is 14.4. The van der Waals surface area contributed by atoms with Crippen LogP contribution in [0.25, 0.3) is 0 Å². The number of sulfonamides is 1. The SMILES string of the molecule is CCNS(=O)(=O)c1scc(Nc2n[s+]([O-])nc2N[C@@H](c2ccc(C)o2)C(C)(C)C)c1O. The number of rotatable bonds is 8. The van der Waals surface area contributed by atoms with Gasteiger partial charge < -0.3 is 24.7 Å².